The Labute approximate surface area is 121 Å². The number of hydrogen-bond acceptors (Lipinski definition) is 2. The number of halogens is 3. The molecule has 0 atom stereocenters. The lowest BCUT2D eigenvalue weighted by molar-refractivity contribution is 0.533. The molecular weight excluding hydrogens is 369 g/mol. The van der Waals surface area contributed by atoms with Crippen LogP contribution in [0.3, 0.4) is 0 Å². The average Bonchev–Trinajstić information content (AvgIpc) is 2.61. The predicted octanol–water partition coefficient (Wildman–Crippen LogP) is 5.52. The zero-order valence-corrected chi connectivity index (χ0v) is 12.8. The molecule has 0 radical (unpaired) electrons. The molecule has 0 saturated heterocycles. The zero-order chi connectivity index (χ0) is 12.4. The summed E-state index contributed by atoms with van der Waals surface area (Å²) < 4.78 is 6.91. The molecule has 0 fully saturated rings. The Kier molecular flexibility index (Phi) is 4.07. The fourth-order valence-electron chi connectivity index (χ4n) is 1.30. The van der Waals surface area contributed by atoms with Crippen molar-refractivity contribution in [2.45, 2.75) is 6.92 Å². The van der Waals surface area contributed by atoms with E-state index in [-0.39, 0.29) is 0 Å². The van der Waals surface area contributed by atoms with E-state index in [4.69, 9.17) is 16.0 Å². The monoisotopic (exact) mass is 375 g/mol. The first-order chi connectivity index (χ1) is 8.08. The van der Waals surface area contributed by atoms with E-state index >= 15 is 0 Å². The molecule has 5 heteroatoms. The molecular formula is C12H8Br2ClNO. The molecule has 0 saturated carbocycles. The van der Waals surface area contributed by atoms with Crippen molar-refractivity contribution in [1.82, 2.24) is 0 Å². The molecule has 0 aliphatic carbocycles. The lowest BCUT2D eigenvalue weighted by Crippen LogP contribution is -1.78. The number of furan rings is 1. The Bertz CT molecular complexity index is 558. The fourth-order valence-corrected chi connectivity index (χ4v) is 2.07. The molecule has 0 unspecified atom stereocenters. The van der Waals surface area contributed by atoms with Crippen molar-refractivity contribution in [3.05, 3.63) is 49.8 Å². The zero-order valence-electron chi connectivity index (χ0n) is 8.88. The summed E-state index contributed by atoms with van der Waals surface area (Å²) in [5.41, 5.74) is 1.79. The van der Waals surface area contributed by atoms with E-state index in [9.17, 15) is 0 Å². The van der Waals surface area contributed by atoms with Gasteiger partial charge in [0.2, 0.25) is 0 Å². The molecule has 2 rings (SSSR count). The summed E-state index contributed by atoms with van der Waals surface area (Å²) in [6.07, 6.45) is 1.66. The van der Waals surface area contributed by atoms with Gasteiger partial charge in [-0.1, -0.05) is 17.7 Å². The quantitative estimate of drug-likeness (QED) is 0.633. The number of rotatable bonds is 2. The standard InChI is InChI=1S/C12H8Br2ClNO/c1-7-10(15)3-2-4-11(7)16-6-8-5-9(13)12(14)17-8/h2-6H,1H3. The van der Waals surface area contributed by atoms with Crippen LogP contribution in [0.4, 0.5) is 5.69 Å². The SMILES string of the molecule is Cc1c(Cl)cccc1N=Cc1cc(Br)c(Br)o1. The van der Waals surface area contributed by atoms with E-state index in [1.807, 2.05) is 31.2 Å². The summed E-state index contributed by atoms with van der Waals surface area (Å²) >= 11 is 12.6. The van der Waals surface area contributed by atoms with Crippen molar-refractivity contribution in [1.29, 1.82) is 0 Å². The second-order valence-corrected chi connectivity index (χ2v) is 5.39. The van der Waals surface area contributed by atoms with Crippen LogP contribution in [0.15, 0.2) is 42.8 Å². The Morgan fingerprint density at radius 2 is 2.12 bits per heavy atom. The van der Waals surface area contributed by atoms with Crippen LogP contribution in [0.2, 0.25) is 5.02 Å². The van der Waals surface area contributed by atoms with Gasteiger partial charge in [-0.15, -0.1) is 0 Å². The summed E-state index contributed by atoms with van der Waals surface area (Å²) in [6.45, 7) is 1.93. The molecule has 2 nitrogen and oxygen atoms in total. The Morgan fingerprint density at radius 1 is 1.35 bits per heavy atom. The topological polar surface area (TPSA) is 25.5 Å². The summed E-state index contributed by atoms with van der Waals surface area (Å²) in [5, 5.41) is 0.710. The van der Waals surface area contributed by atoms with E-state index in [0.717, 1.165) is 15.7 Å². The first-order valence-corrected chi connectivity index (χ1v) is 6.78. The minimum atomic E-state index is 0.654. The van der Waals surface area contributed by atoms with Gasteiger partial charge in [-0.05, 0) is 56.5 Å². The summed E-state index contributed by atoms with van der Waals surface area (Å²) in [4.78, 5) is 4.35. The van der Waals surface area contributed by atoms with Gasteiger partial charge in [-0.3, -0.25) is 4.99 Å². The molecule has 1 heterocycles. The van der Waals surface area contributed by atoms with Gasteiger partial charge in [0.1, 0.15) is 5.76 Å². The normalized spacial score (nSPS) is 11.3. The summed E-state index contributed by atoms with van der Waals surface area (Å²) in [7, 11) is 0. The smallest absolute Gasteiger partial charge is 0.184 e. The molecule has 1 aromatic heterocycles. The van der Waals surface area contributed by atoms with Crippen LogP contribution in [0, 0.1) is 6.92 Å². The van der Waals surface area contributed by atoms with Gasteiger partial charge in [0.25, 0.3) is 0 Å². The Hall–Kier alpha value is -0.580. The maximum Gasteiger partial charge on any atom is 0.184 e. The molecule has 0 N–H and O–H groups in total. The molecule has 17 heavy (non-hydrogen) atoms. The molecule has 0 aliphatic heterocycles. The minimum absolute atomic E-state index is 0.654. The molecule has 88 valence electrons. The highest BCUT2D eigenvalue weighted by molar-refractivity contribution is 9.13. The average molecular weight is 377 g/mol. The van der Waals surface area contributed by atoms with Crippen molar-refractivity contribution in [3.63, 3.8) is 0 Å². The van der Waals surface area contributed by atoms with E-state index in [0.29, 0.717) is 15.5 Å². The van der Waals surface area contributed by atoms with E-state index in [1.54, 1.807) is 6.21 Å². The van der Waals surface area contributed by atoms with Gasteiger partial charge in [-0.25, -0.2) is 0 Å². The van der Waals surface area contributed by atoms with Crippen LogP contribution in [0.1, 0.15) is 11.3 Å². The van der Waals surface area contributed by atoms with Crippen LogP contribution < -0.4 is 0 Å². The number of benzene rings is 1. The largest absolute Gasteiger partial charge is 0.447 e. The van der Waals surface area contributed by atoms with E-state index in [2.05, 4.69) is 36.9 Å². The Balaban J connectivity index is 2.29. The van der Waals surface area contributed by atoms with Gasteiger partial charge in [0.15, 0.2) is 4.67 Å². The van der Waals surface area contributed by atoms with E-state index in [1.165, 1.54) is 0 Å². The van der Waals surface area contributed by atoms with Crippen molar-refractivity contribution in [2.24, 2.45) is 4.99 Å². The lowest BCUT2D eigenvalue weighted by atomic mass is 10.2. The van der Waals surface area contributed by atoms with E-state index < -0.39 is 0 Å². The van der Waals surface area contributed by atoms with Crippen molar-refractivity contribution < 1.29 is 4.42 Å². The molecule has 0 bridgehead atoms. The third kappa shape index (κ3) is 3.00. The third-order valence-corrected chi connectivity index (χ3v) is 4.35. The maximum absolute atomic E-state index is 6.01. The maximum atomic E-state index is 6.01. The van der Waals surface area contributed by atoms with Crippen LogP contribution in [-0.2, 0) is 0 Å². The van der Waals surface area contributed by atoms with Gasteiger partial charge < -0.3 is 4.42 Å². The molecule has 2 aromatic rings. The number of nitrogens with zero attached hydrogens (tertiary/aromatic N) is 1. The van der Waals surface area contributed by atoms with Crippen LogP contribution in [0.5, 0.6) is 0 Å². The second kappa shape index (κ2) is 5.38. The molecule has 0 spiro atoms. The second-order valence-electron chi connectivity index (χ2n) is 3.41. The molecule has 1 aromatic carbocycles. The third-order valence-electron chi connectivity index (χ3n) is 2.23. The highest BCUT2D eigenvalue weighted by Crippen LogP contribution is 2.28. The molecule has 0 amide bonds. The predicted molar refractivity (Wildman–Crippen MR) is 77.6 cm³/mol. The number of aliphatic imine (C=N–C) groups is 1. The van der Waals surface area contributed by atoms with Crippen LogP contribution in [-0.4, -0.2) is 6.21 Å². The van der Waals surface area contributed by atoms with Crippen molar-refractivity contribution in [3.8, 4) is 0 Å². The minimum Gasteiger partial charge on any atom is -0.447 e. The summed E-state index contributed by atoms with van der Waals surface area (Å²) in [5.74, 6) is 0.670. The highest BCUT2D eigenvalue weighted by atomic mass is 79.9. The van der Waals surface area contributed by atoms with Gasteiger partial charge >= 0.3 is 0 Å². The van der Waals surface area contributed by atoms with Crippen molar-refractivity contribution >= 4 is 55.4 Å². The van der Waals surface area contributed by atoms with Gasteiger partial charge in [0.05, 0.1) is 16.4 Å². The van der Waals surface area contributed by atoms with Gasteiger partial charge in [-0.2, -0.15) is 0 Å². The fraction of sp³-hybridized carbons (Fsp3) is 0.0833. The summed E-state index contributed by atoms with van der Waals surface area (Å²) in [6, 6.07) is 7.46. The van der Waals surface area contributed by atoms with Crippen LogP contribution in [0.25, 0.3) is 0 Å². The molecule has 0 aliphatic rings. The first kappa shape index (κ1) is 12.9. The van der Waals surface area contributed by atoms with Crippen LogP contribution >= 0.6 is 43.5 Å². The highest BCUT2D eigenvalue weighted by Gasteiger charge is 2.04. The van der Waals surface area contributed by atoms with Gasteiger partial charge in [0, 0.05) is 11.1 Å². The van der Waals surface area contributed by atoms with Crippen molar-refractivity contribution in [2.75, 3.05) is 0 Å². The Morgan fingerprint density at radius 3 is 2.76 bits per heavy atom. The first-order valence-electron chi connectivity index (χ1n) is 4.82. The number of hydrogen-bond donors (Lipinski definition) is 0. The lowest BCUT2D eigenvalue weighted by Gasteiger charge is -2.00.